The third-order valence-electron chi connectivity index (χ3n) is 4.19. The minimum Gasteiger partial charge on any atom is -0.465 e. The monoisotopic (exact) mass is 268 g/mol. The molecule has 0 unspecified atom stereocenters. The quantitative estimate of drug-likeness (QED) is 0.634. The molecule has 0 amide bonds. The maximum absolute atomic E-state index is 11.5. The number of rotatable bonds is 0. The van der Waals surface area contributed by atoms with E-state index in [-0.39, 0.29) is 11.9 Å². The first-order chi connectivity index (χ1) is 9.24. The van der Waals surface area contributed by atoms with Crippen molar-refractivity contribution in [2.45, 2.75) is 57.8 Å². The molecule has 0 aromatic heterocycles. The Morgan fingerprint density at radius 1 is 0.684 bits per heavy atom. The molecule has 0 spiro atoms. The Hall–Kier alpha value is -1.06. The van der Waals surface area contributed by atoms with Crippen LogP contribution in [0, 0.1) is 11.8 Å². The van der Waals surface area contributed by atoms with Crippen molar-refractivity contribution < 1.29 is 19.1 Å². The van der Waals surface area contributed by atoms with E-state index in [2.05, 4.69) is 0 Å². The van der Waals surface area contributed by atoms with E-state index in [1.54, 1.807) is 0 Å². The SMILES string of the molecule is O=C1CCCCCC(=O)OCC2CCC(CC2)CO1. The fraction of sp³-hybridized carbons (Fsp3) is 0.867. The van der Waals surface area contributed by atoms with Crippen LogP contribution in [0.5, 0.6) is 0 Å². The smallest absolute Gasteiger partial charge is 0.305 e. The van der Waals surface area contributed by atoms with Gasteiger partial charge in [-0.3, -0.25) is 9.59 Å². The van der Waals surface area contributed by atoms with Crippen LogP contribution in [0.25, 0.3) is 0 Å². The molecule has 108 valence electrons. The van der Waals surface area contributed by atoms with Gasteiger partial charge in [0.1, 0.15) is 0 Å². The lowest BCUT2D eigenvalue weighted by Gasteiger charge is -2.27. The van der Waals surface area contributed by atoms with Crippen LogP contribution in [-0.2, 0) is 19.1 Å². The normalized spacial score (nSPS) is 30.9. The molecule has 0 radical (unpaired) electrons. The Morgan fingerprint density at radius 3 is 1.53 bits per heavy atom. The zero-order valence-corrected chi connectivity index (χ0v) is 11.6. The predicted molar refractivity (Wildman–Crippen MR) is 70.5 cm³/mol. The van der Waals surface area contributed by atoms with Gasteiger partial charge in [0.15, 0.2) is 0 Å². The lowest BCUT2D eigenvalue weighted by atomic mass is 9.83. The Kier molecular flexibility index (Phi) is 5.67. The van der Waals surface area contributed by atoms with Crippen molar-refractivity contribution in [1.82, 2.24) is 0 Å². The first-order valence-electron chi connectivity index (χ1n) is 7.55. The summed E-state index contributed by atoms with van der Waals surface area (Å²) < 4.78 is 10.7. The highest BCUT2D eigenvalue weighted by Crippen LogP contribution is 2.29. The lowest BCUT2D eigenvalue weighted by molar-refractivity contribution is -0.147. The van der Waals surface area contributed by atoms with Crippen molar-refractivity contribution in [1.29, 1.82) is 0 Å². The van der Waals surface area contributed by atoms with E-state index in [9.17, 15) is 9.59 Å². The number of ether oxygens (including phenoxy) is 2. The van der Waals surface area contributed by atoms with Gasteiger partial charge in [0.2, 0.25) is 0 Å². The van der Waals surface area contributed by atoms with Crippen molar-refractivity contribution in [2.75, 3.05) is 13.2 Å². The zero-order valence-electron chi connectivity index (χ0n) is 11.6. The fourth-order valence-electron chi connectivity index (χ4n) is 2.85. The average Bonchev–Trinajstić information content (AvgIpc) is 2.43. The van der Waals surface area contributed by atoms with Gasteiger partial charge in [0.25, 0.3) is 0 Å². The number of carbonyl (C=O) groups is 2. The summed E-state index contributed by atoms with van der Waals surface area (Å²) in [5.41, 5.74) is 0. The first-order valence-corrected chi connectivity index (χ1v) is 7.55. The van der Waals surface area contributed by atoms with Crippen LogP contribution >= 0.6 is 0 Å². The molecule has 0 atom stereocenters. The number of hydrogen-bond donors (Lipinski definition) is 0. The van der Waals surface area contributed by atoms with Gasteiger partial charge < -0.3 is 9.47 Å². The van der Waals surface area contributed by atoms with E-state index in [4.69, 9.17) is 9.47 Å². The number of hydrogen-bond acceptors (Lipinski definition) is 4. The maximum atomic E-state index is 11.5. The molecule has 2 heterocycles. The second kappa shape index (κ2) is 7.51. The van der Waals surface area contributed by atoms with E-state index in [1.807, 2.05) is 0 Å². The molecular weight excluding hydrogens is 244 g/mol. The topological polar surface area (TPSA) is 52.6 Å². The van der Waals surface area contributed by atoms with E-state index >= 15 is 0 Å². The molecule has 3 rings (SSSR count). The Bertz CT molecular complexity index is 275. The summed E-state index contributed by atoms with van der Waals surface area (Å²) in [5.74, 6) is 0.834. The van der Waals surface area contributed by atoms with Crippen LogP contribution in [0.1, 0.15) is 57.8 Å². The van der Waals surface area contributed by atoms with Crippen molar-refractivity contribution in [3.63, 3.8) is 0 Å². The summed E-state index contributed by atoms with van der Waals surface area (Å²) in [6.07, 6.45) is 7.76. The Morgan fingerprint density at radius 2 is 1.11 bits per heavy atom. The van der Waals surface area contributed by atoms with Crippen LogP contribution in [0.15, 0.2) is 0 Å². The van der Waals surface area contributed by atoms with Crippen molar-refractivity contribution in [2.24, 2.45) is 11.8 Å². The van der Waals surface area contributed by atoms with Gasteiger partial charge in [-0.15, -0.1) is 0 Å². The average molecular weight is 268 g/mol. The molecule has 2 bridgehead atoms. The molecule has 0 aromatic rings. The summed E-state index contributed by atoms with van der Waals surface area (Å²) in [6.45, 7) is 1.15. The van der Waals surface area contributed by atoms with Gasteiger partial charge in [0.05, 0.1) is 13.2 Å². The summed E-state index contributed by atoms with van der Waals surface area (Å²) in [6, 6.07) is 0. The maximum Gasteiger partial charge on any atom is 0.305 e. The minimum atomic E-state index is -0.0837. The van der Waals surface area contributed by atoms with Gasteiger partial charge in [-0.05, 0) is 50.4 Å². The summed E-state index contributed by atoms with van der Waals surface area (Å²) in [4.78, 5) is 23.1. The van der Waals surface area contributed by atoms with Gasteiger partial charge in [-0.1, -0.05) is 6.42 Å². The number of fused-ring (bicyclic) bond motifs is 12. The van der Waals surface area contributed by atoms with Crippen LogP contribution in [0.2, 0.25) is 0 Å². The van der Waals surface area contributed by atoms with Gasteiger partial charge in [-0.25, -0.2) is 0 Å². The highest BCUT2D eigenvalue weighted by molar-refractivity contribution is 5.69. The standard InChI is InChI=1S/C15H24O4/c16-14-4-2-1-3-5-15(17)19-11-13-8-6-12(7-9-13)10-18-14/h12-13H,1-11H2. The van der Waals surface area contributed by atoms with E-state index in [0.29, 0.717) is 37.9 Å². The van der Waals surface area contributed by atoms with Gasteiger partial charge in [-0.2, -0.15) is 0 Å². The second-order valence-corrected chi connectivity index (χ2v) is 5.81. The van der Waals surface area contributed by atoms with Crippen LogP contribution < -0.4 is 0 Å². The van der Waals surface area contributed by atoms with Crippen LogP contribution in [-0.4, -0.2) is 25.2 Å². The Labute approximate surface area is 114 Å². The lowest BCUT2D eigenvalue weighted by Crippen LogP contribution is -2.23. The zero-order chi connectivity index (χ0) is 13.5. The third kappa shape index (κ3) is 5.21. The third-order valence-corrected chi connectivity index (χ3v) is 4.19. The molecule has 3 fully saturated rings. The molecule has 3 aliphatic rings. The number of carbonyl (C=O) groups excluding carboxylic acids is 2. The first kappa shape index (κ1) is 14.4. The molecule has 0 N–H and O–H groups in total. The highest BCUT2D eigenvalue weighted by atomic mass is 16.5. The second-order valence-electron chi connectivity index (χ2n) is 5.81. The Balaban J connectivity index is 1.84. The highest BCUT2D eigenvalue weighted by Gasteiger charge is 2.23. The van der Waals surface area contributed by atoms with Gasteiger partial charge in [0, 0.05) is 12.8 Å². The van der Waals surface area contributed by atoms with Crippen molar-refractivity contribution in [3.05, 3.63) is 0 Å². The van der Waals surface area contributed by atoms with Crippen molar-refractivity contribution in [3.8, 4) is 0 Å². The van der Waals surface area contributed by atoms with E-state index < -0.39 is 0 Å². The molecular formula is C15H24O4. The van der Waals surface area contributed by atoms with Gasteiger partial charge >= 0.3 is 11.9 Å². The summed E-state index contributed by atoms with van der Waals surface area (Å²) in [7, 11) is 0. The molecule has 4 heteroatoms. The largest absolute Gasteiger partial charge is 0.465 e. The van der Waals surface area contributed by atoms with Crippen LogP contribution in [0.4, 0.5) is 0 Å². The van der Waals surface area contributed by atoms with E-state index in [1.165, 1.54) is 0 Å². The molecule has 1 aliphatic carbocycles. The summed E-state index contributed by atoms with van der Waals surface area (Å²) >= 11 is 0. The summed E-state index contributed by atoms with van der Waals surface area (Å²) in [5, 5.41) is 0. The molecule has 0 aromatic carbocycles. The molecule has 2 saturated heterocycles. The number of esters is 2. The molecule has 1 saturated carbocycles. The minimum absolute atomic E-state index is 0.0837. The fourth-order valence-corrected chi connectivity index (χ4v) is 2.85. The molecule has 2 aliphatic heterocycles. The predicted octanol–water partition coefficient (Wildman–Crippen LogP) is 2.84. The molecule has 19 heavy (non-hydrogen) atoms. The molecule has 4 nitrogen and oxygen atoms in total. The van der Waals surface area contributed by atoms with Crippen molar-refractivity contribution >= 4 is 11.9 Å². The van der Waals surface area contributed by atoms with E-state index in [0.717, 1.165) is 44.9 Å². The van der Waals surface area contributed by atoms with Crippen LogP contribution in [0.3, 0.4) is 0 Å².